The van der Waals surface area contributed by atoms with Crippen LogP contribution in [0.4, 0.5) is 4.79 Å². The molecule has 2 saturated heterocycles. The van der Waals surface area contributed by atoms with E-state index in [1.165, 1.54) is 16.2 Å². The summed E-state index contributed by atoms with van der Waals surface area (Å²) in [6, 6.07) is 8.44. The molecule has 0 saturated carbocycles. The van der Waals surface area contributed by atoms with E-state index in [1.807, 2.05) is 30.3 Å². The molecule has 0 aliphatic carbocycles. The number of hydrazine groups is 1. The molecule has 2 aromatic rings. The summed E-state index contributed by atoms with van der Waals surface area (Å²) in [6.45, 7) is 0.685. The van der Waals surface area contributed by atoms with Crippen LogP contribution in [0.3, 0.4) is 0 Å². The van der Waals surface area contributed by atoms with Crippen molar-refractivity contribution in [3.63, 3.8) is 0 Å². The van der Waals surface area contributed by atoms with Gasteiger partial charge in [0.25, 0.3) is 11.8 Å². The van der Waals surface area contributed by atoms with Crippen molar-refractivity contribution < 1.29 is 23.6 Å². The molecule has 2 fully saturated rings. The molecular weight excluding hydrogens is 366 g/mol. The van der Waals surface area contributed by atoms with Gasteiger partial charge in [-0.1, -0.05) is 30.3 Å². The zero-order valence-electron chi connectivity index (χ0n) is 14.9. The van der Waals surface area contributed by atoms with Crippen LogP contribution in [0, 0.1) is 0 Å². The quantitative estimate of drug-likeness (QED) is 0.737. The summed E-state index contributed by atoms with van der Waals surface area (Å²) in [6.07, 6.45) is 3.39. The number of piperidine rings is 1. The Kier molecular flexibility index (Phi) is 4.94. The van der Waals surface area contributed by atoms with E-state index >= 15 is 0 Å². The van der Waals surface area contributed by atoms with E-state index in [4.69, 9.17) is 9.25 Å². The van der Waals surface area contributed by atoms with Gasteiger partial charge >= 0.3 is 6.03 Å². The van der Waals surface area contributed by atoms with Crippen LogP contribution in [0.25, 0.3) is 0 Å². The molecule has 2 bridgehead atoms. The van der Waals surface area contributed by atoms with E-state index in [0.717, 1.165) is 12.0 Å². The number of aromatic nitrogens is 1. The maximum atomic E-state index is 12.7. The molecule has 4 rings (SSSR count). The minimum atomic E-state index is -0.674. The first-order valence-electron chi connectivity index (χ1n) is 8.88. The van der Waals surface area contributed by atoms with Gasteiger partial charge in [0.2, 0.25) is 0 Å². The molecule has 146 valence electrons. The van der Waals surface area contributed by atoms with Crippen LogP contribution in [0.2, 0.25) is 0 Å². The van der Waals surface area contributed by atoms with Gasteiger partial charge in [-0.25, -0.2) is 9.78 Å². The highest BCUT2D eigenvalue weighted by Crippen LogP contribution is 2.30. The molecule has 10 nitrogen and oxygen atoms in total. The summed E-state index contributed by atoms with van der Waals surface area (Å²) < 4.78 is 4.72. The van der Waals surface area contributed by atoms with Crippen molar-refractivity contribution >= 4 is 17.8 Å². The van der Waals surface area contributed by atoms with Crippen molar-refractivity contribution in [1.29, 1.82) is 0 Å². The maximum Gasteiger partial charge on any atom is 0.345 e. The van der Waals surface area contributed by atoms with Gasteiger partial charge in [-0.2, -0.15) is 5.06 Å². The minimum Gasteiger partial charge on any atom is -0.451 e. The lowest BCUT2D eigenvalue weighted by molar-refractivity contribution is -0.140. The third-order valence-electron chi connectivity index (χ3n) is 4.80. The van der Waals surface area contributed by atoms with Crippen molar-refractivity contribution in [3.05, 3.63) is 54.2 Å². The lowest BCUT2D eigenvalue weighted by Gasteiger charge is -2.29. The topological polar surface area (TPSA) is 117 Å². The van der Waals surface area contributed by atoms with Crippen molar-refractivity contribution in [3.8, 4) is 0 Å². The van der Waals surface area contributed by atoms with Crippen LogP contribution in [0.15, 0.2) is 47.4 Å². The number of hydroxylamine groups is 2. The van der Waals surface area contributed by atoms with Crippen molar-refractivity contribution in [1.82, 2.24) is 25.8 Å². The van der Waals surface area contributed by atoms with Gasteiger partial charge in [-0.3, -0.25) is 25.3 Å². The van der Waals surface area contributed by atoms with Gasteiger partial charge in [-0.05, 0) is 18.4 Å². The van der Waals surface area contributed by atoms with Gasteiger partial charge in [0.1, 0.15) is 18.9 Å². The third kappa shape index (κ3) is 3.54. The highest BCUT2D eigenvalue weighted by Gasteiger charge is 2.48. The second-order valence-corrected chi connectivity index (χ2v) is 6.58. The number of hydrogen-bond acceptors (Lipinski definition) is 6. The smallest absolute Gasteiger partial charge is 0.345 e. The molecule has 4 amide bonds. The number of oxazole rings is 1. The van der Waals surface area contributed by atoms with Crippen LogP contribution in [0.5, 0.6) is 0 Å². The summed E-state index contributed by atoms with van der Waals surface area (Å²) in [5.74, 6) is -1.06. The first kappa shape index (κ1) is 18.0. The fraction of sp³-hybridized carbons (Fsp3) is 0.333. The van der Waals surface area contributed by atoms with Crippen LogP contribution in [-0.4, -0.2) is 51.4 Å². The lowest BCUT2D eigenvalue weighted by atomic mass is 10.0. The SMILES string of the molecule is O=C(NNC(=O)[C@@H]1CC[C@@H]2CN1C(=O)N2OCc1ccccc1)c1cocn1. The largest absolute Gasteiger partial charge is 0.451 e. The van der Waals surface area contributed by atoms with E-state index in [9.17, 15) is 14.4 Å². The summed E-state index contributed by atoms with van der Waals surface area (Å²) in [5, 5.41) is 1.36. The van der Waals surface area contributed by atoms with E-state index in [0.29, 0.717) is 19.4 Å². The molecule has 0 radical (unpaired) electrons. The van der Waals surface area contributed by atoms with Crippen molar-refractivity contribution in [2.75, 3.05) is 6.54 Å². The zero-order valence-corrected chi connectivity index (χ0v) is 14.9. The summed E-state index contributed by atoms with van der Waals surface area (Å²) in [7, 11) is 0. The average Bonchev–Trinajstić information content (AvgIpc) is 3.34. The van der Waals surface area contributed by atoms with Crippen LogP contribution < -0.4 is 10.9 Å². The predicted molar refractivity (Wildman–Crippen MR) is 94.1 cm³/mol. The number of carbonyl (C=O) groups excluding carboxylic acids is 3. The molecule has 2 N–H and O–H groups in total. The number of urea groups is 1. The molecule has 2 aliphatic heterocycles. The highest BCUT2D eigenvalue weighted by atomic mass is 16.7. The van der Waals surface area contributed by atoms with E-state index in [-0.39, 0.29) is 24.4 Å². The second-order valence-electron chi connectivity index (χ2n) is 6.58. The first-order chi connectivity index (χ1) is 13.6. The van der Waals surface area contributed by atoms with Crippen molar-refractivity contribution in [2.24, 2.45) is 0 Å². The fourth-order valence-corrected chi connectivity index (χ4v) is 3.38. The van der Waals surface area contributed by atoms with E-state index < -0.39 is 17.9 Å². The molecule has 2 atom stereocenters. The number of hydrogen-bond donors (Lipinski definition) is 2. The highest BCUT2D eigenvalue weighted by molar-refractivity contribution is 5.94. The normalized spacial score (nSPS) is 20.9. The number of fused-ring (bicyclic) bond motifs is 2. The van der Waals surface area contributed by atoms with Crippen molar-refractivity contribution in [2.45, 2.75) is 31.5 Å². The molecule has 1 aromatic heterocycles. The fourth-order valence-electron chi connectivity index (χ4n) is 3.38. The second kappa shape index (κ2) is 7.69. The van der Waals surface area contributed by atoms with Gasteiger partial charge in [0.15, 0.2) is 12.1 Å². The van der Waals surface area contributed by atoms with Gasteiger partial charge in [0.05, 0.1) is 6.04 Å². The van der Waals surface area contributed by atoms with Gasteiger partial charge < -0.3 is 9.32 Å². The molecule has 1 aromatic carbocycles. The maximum absolute atomic E-state index is 12.7. The lowest BCUT2D eigenvalue weighted by Crippen LogP contribution is -2.54. The number of nitrogens with zero attached hydrogens (tertiary/aromatic N) is 3. The number of benzene rings is 1. The standard InChI is InChI=1S/C18H19N5O5/c24-16(14-10-27-11-19-14)20-21-17(25)15-7-6-13-8-22(15)18(26)23(13)28-9-12-4-2-1-3-5-12/h1-5,10-11,13,15H,6-9H2,(H,20,24)(H,21,25)/t13-,15+/m1/s1. The Morgan fingerprint density at radius 1 is 1.21 bits per heavy atom. The first-order valence-corrected chi connectivity index (χ1v) is 8.88. The number of rotatable bonds is 5. The van der Waals surface area contributed by atoms with Gasteiger partial charge in [-0.15, -0.1) is 0 Å². The Morgan fingerprint density at radius 3 is 2.79 bits per heavy atom. The molecule has 28 heavy (non-hydrogen) atoms. The van der Waals surface area contributed by atoms with Gasteiger partial charge in [0, 0.05) is 6.54 Å². The Bertz CT molecular complexity index is 857. The Hall–Kier alpha value is -3.40. The summed E-state index contributed by atoms with van der Waals surface area (Å²) in [5.41, 5.74) is 5.61. The molecule has 3 heterocycles. The Labute approximate surface area is 160 Å². The Balaban J connectivity index is 1.33. The van der Waals surface area contributed by atoms with Crippen LogP contribution in [0.1, 0.15) is 28.9 Å². The molecule has 0 spiro atoms. The number of nitrogens with one attached hydrogen (secondary N) is 2. The molecular formula is C18H19N5O5. The zero-order chi connectivity index (χ0) is 19.5. The average molecular weight is 385 g/mol. The van der Waals surface area contributed by atoms with E-state index in [1.54, 1.807) is 0 Å². The summed E-state index contributed by atoms with van der Waals surface area (Å²) >= 11 is 0. The Morgan fingerprint density at radius 2 is 2.04 bits per heavy atom. The van der Waals surface area contributed by atoms with E-state index in [2.05, 4.69) is 15.8 Å². The van der Waals surface area contributed by atoms with Crippen LogP contribution >= 0.6 is 0 Å². The third-order valence-corrected chi connectivity index (χ3v) is 4.80. The number of carbonyl (C=O) groups is 3. The minimum absolute atomic E-state index is 0.0433. The molecule has 0 unspecified atom stereocenters. The summed E-state index contributed by atoms with van der Waals surface area (Å²) in [4.78, 5) is 47.9. The number of amides is 4. The monoisotopic (exact) mass is 385 g/mol. The predicted octanol–water partition coefficient (Wildman–Crippen LogP) is 0.836. The molecule has 10 heteroatoms. The van der Waals surface area contributed by atoms with Crippen LogP contribution in [-0.2, 0) is 16.2 Å². The molecule has 2 aliphatic rings.